The number of halogens is 1. The van der Waals surface area contributed by atoms with E-state index < -0.39 is 0 Å². The van der Waals surface area contributed by atoms with E-state index in [2.05, 4.69) is 36.2 Å². The van der Waals surface area contributed by atoms with Crippen LogP contribution >= 0.6 is 15.9 Å². The Morgan fingerprint density at radius 3 is 2.85 bits per heavy atom. The highest BCUT2D eigenvalue weighted by atomic mass is 79.9. The van der Waals surface area contributed by atoms with Crippen molar-refractivity contribution in [3.05, 3.63) is 10.7 Å². The number of H-pyrrole nitrogens is 1. The summed E-state index contributed by atoms with van der Waals surface area (Å²) in [7, 11) is 1.82. The molecule has 2 heterocycles. The molecule has 13 heavy (non-hydrogen) atoms. The van der Waals surface area contributed by atoms with Gasteiger partial charge in [0.2, 0.25) is 5.95 Å². The summed E-state index contributed by atoms with van der Waals surface area (Å²) in [5, 5.41) is 10.5. The summed E-state index contributed by atoms with van der Waals surface area (Å²) in [6.45, 7) is 0. The van der Waals surface area contributed by atoms with E-state index in [0.29, 0.717) is 5.82 Å². The summed E-state index contributed by atoms with van der Waals surface area (Å²) < 4.78 is 2.54. The van der Waals surface area contributed by atoms with E-state index in [0.717, 1.165) is 10.2 Å². The summed E-state index contributed by atoms with van der Waals surface area (Å²) in [5.74, 6) is 0.826. The Morgan fingerprint density at radius 1 is 1.62 bits per heavy atom. The van der Waals surface area contributed by atoms with Gasteiger partial charge in [0, 0.05) is 7.05 Å². The molecule has 2 aromatic rings. The number of aromatic nitrogens is 5. The second-order valence-corrected chi connectivity index (χ2v) is 3.36. The van der Waals surface area contributed by atoms with E-state index in [1.165, 1.54) is 0 Å². The first-order valence-electron chi connectivity index (χ1n) is 3.54. The predicted octanol–water partition coefficient (Wildman–Crippen LogP) is 0.550. The van der Waals surface area contributed by atoms with Gasteiger partial charge in [-0.1, -0.05) is 0 Å². The van der Waals surface area contributed by atoms with E-state index in [9.17, 15) is 0 Å². The standard InChI is InChI=1S/C6H7BrN6/c1-13-4(3(7)2-9-13)5-10-6(8)12-11-5/h2H,1H3,(H3,8,10,11,12). The SMILES string of the molecule is Cn1ncc(Br)c1-c1nc(N)n[nH]1. The Bertz CT molecular complexity index is 411. The lowest BCUT2D eigenvalue weighted by Gasteiger charge is -1.96. The molecule has 68 valence electrons. The summed E-state index contributed by atoms with van der Waals surface area (Å²) in [5.41, 5.74) is 6.21. The fourth-order valence-corrected chi connectivity index (χ4v) is 1.59. The average Bonchev–Trinajstić information content (AvgIpc) is 2.60. The van der Waals surface area contributed by atoms with Crippen molar-refractivity contribution >= 4 is 21.9 Å². The Morgan fingerprint density at radius 2 is 2.38 bits per heavy atom. The molecule has 0 saturated heterocycles. The molecule has 0 saturated carbocycles. The molecule has 0 aliphatic carbocycles. The van der Waals surface area contributed by atoms with E-state index in [4.69, 9.17) is 5.73 Å². The summed E-state index contributed by atoms with van der Waals surface area (Å²) in [6.07, 6.45) is 1.69. The van der Waals surface area contributed by atoms with Crippen molar-refractivity contribution in [2.75, 3.05) is 5.73 Å². The number of nitrogens with two attached hydrogens (primary N) is 1. The quantitative estimate of drug-likeness (QED) is 0.765. The van der Waals surface area contributed by atoms with Gasteiger partial charge in [0.1, 0.15) is 5.69 Å². The third kappa shape index (κ3) is 1.31. The van der Waals surface area contributed by atoms with Crippen molar-refractivity contribution in [1.82, 2.24) is 25.0 Å². The lowest BCUT2D eigenvalue weighted by Crippen LogP contribution is -1.95. The van der Waals surface area contributed by atoms with Crippen LogP contribution in [0.1, 0.15) is 0 Å². The zero-order valence-electron chi connectivity index (χ0n) is 6.82. The maximum atomic E-state index is 5.39. The van der Waals surface area contributed by atoms with Gasteiger partial charge in [0.25, 0.3) is 0 Å². The van der Waals surface area contributed by atoms with Crippen molar-refractivity contribution in [1.29, 1.82) is 0 Å². The van der Waals surface area contributed by atoms with Gasteiger partial charge < -0.3 is 5.73 Å². The molecule has 7 heteroatoms. The zero-order chi connectivity index (χ0) is 9.42. The molecule has 0 bridgehead atoms. The number of nitrogen functional groups attached to an aromatic ring is 1. The van der Waals surface area contributed by atoms with Gasteiger partial charge in [0.05, 0.1) is 10.7 Å². The Balaban J connectivity index is 2.57. The Labute approximate surface area is 82.3 Å². The molecule has 0 radical (unpaired) electrons. The maximum Gasteiger partial charge on any atom is 0.239 e. The van der Waals surface area contributed by atoms with E-state index in [1.54, 1.807) is 10.9 Å². The number of hydrogen-bond donors (Lipinski definition) is 2. The van der Waals surface area contributed by atoms with Gasteiger partial charge >= 0.3 is 0 Å². The molecule has 0 amide bonds. The van der Waals surface area contributed by atoms with Crippen molar-refractivity contribution in [2.45, 2.75) is 0 Å². The van der Waals surface area contributed by atoms with E-state index in [1.807, 2.05) is 7.05 Å². The van der Waals surface area contributed by atoms with Crippen LogP contribution in [0.3, 0.4) is 0 Å². The minimum atomic E-state index is 0.225. The van der Waals surface area contributed by atoms with Crippen LogP contribution in [0.25, 0.3) is 11.5 Å². The summed E-state index contributed by atoms with van der Waals surface area (Å²) in [4.78, 5) is 4.00. The largest absolute Gasteiger partial charge is 0.366 e. The first kappa shape index (κ1) is 8.24. The maximum absolute atomic E-state index is 5.39. The van der Waals surface area contributed by atoms with Gasteiger partial charge in [-0.25, -0.2) is 0 Å². The highest BCUT2D eigenvalue weighted by Gasteiger charge is 2.12. The van der Waals surface area contributed by atoms with Gasteiger partial charge in [0.15, 0.2) is 5.82 Å². The second kappa shape index (κ2) is 2.84. The minimum absolute atomic E-state index is 0.225. The van der Waals surface area contributed by atoms with Crippen LogP contribution in [0.4, 0.5) is 5.95 Å². The number of rotatable bonds is 1. The smallest absolute Gasteiger partial charge is 0.239 e. The number of anilines is 1. The van der Waals surface area contributed by atoms with Crippen molar-refractivity contribution < 1.29 is 0 Å². The lowest BCUT2D eigenvalue weighted by atomic mass is 10.4. The van der Waals surface area contributed by atoms with Crippen molar-refractivity contribution in [2.24, 2.45) is 7.05 Å². The number of hydrogen-bond acceptors (Lipinski definition) is 4. The van der Waals surface area contributed by atoms with Gasteiger partial charge in [-0.2, -0.15) is 10.1 Å². The van der Waals surface area contributed by atoms with E-state index in [-0.39, 0.29) is 5.95 Å². The average molecular weight is 243 g/mol. The van der Waals surface area contributed by atoms with Crippen molar-refractivity contribution in [3.8, 4) is 11.5 Å². The molecule has 2 rings (SSSR count). The molecule has 0 aliphatic rings. The molecular weight excluding hydrogens is 236 g/mol. The molecule has 0 atom stereocenters. The van der Waals surface area contributed by atoms with Crippen LogP contribution in [0.5, 0.6) is 0 Å². The van der Waals surface area contributed by atoms with E-state index >= 15 is 0 Å². The van der Waals surface area contributed by atoms with Crippen LogP contribution in [0, 0.1) is 0 Å². The van der Waals surface area contributed by atoms with Crippen LogP contribution in [-0.4, -0.2) is 25.0 Å². The van der Waals surface area contributed by atoms with Gasteiger partial charge in [-0.05, 0) is 15.9 Å². The molecule has 6 nitrogen and oxygen atoms in total. The molecule has 0 fully saturated rings. The highest BCUT2D eigenvalue weighted by molar-refractivity contribution is 9.10. The third-order valence-corrected chi connectivity index (χ3v) is 2.20. The summed E-state index contributed by atoms with van der Waals surface area (Å²) >= 11 is 3.35. The Kier molecular flexibility index (Phi) is 1.80. The predicted molar refractivity (Wildman–Crippen MR) is 50.7 cm³/mol. The number of nitrogens with zero attached hydrogens (tertiary/aromatic N) is 4. The molecule has 0 unspecified atom stereocenters. The fraction of sp³-hybridized carbons (Fsp3) is 0.167. The van der Waals surface area contributed by atoms with Crippen LogP contribution in [0.15, 0.2) is 10.7 Å². The van der Waals surface area contributed by atoms with Gasteiger partial charge in [-0.3, -0.25) is 9.78 Å². The van der Waals surface area contributed by atoms with Gasteiger partial charge in [-0.15, -0.1) is 5.10 Å². The van der Waals surface area contributed by atoms with Crippen molar-refractivity contribution in [3.63, 3.8) is 0 Å². The number of aryl methyl sites for hydroxylation is 1. The summed E-state index contributed by atoms with van der Waals surface area (Å²) in [6, 6.07) is 0. The number of nitrogens with one attached hydrogen (secondary N) is 1. The molecular formula is C6H7BrN6. The van der Waals surface area contributed by atoms with Crippen LogP contribution in [0.2, 0.25) is 0 Å². The minimum Gasteiger partial charge on any atom is -0.366 e. The van der Waals surface area contributed by atoms with Crippen LogP contribution in [-0.2, 0) is 7.05 Å². The third-order valence-electron chi connectivity index (χ3n) is 1.62. The molecule has 0 aromatic carbocycles. The molecule has 0 aliphatic heterocycles. The zero-order valence-corrected chi connectivity index (χ0v) is 8.41. The first-order chi connectivity index (χ1) is 6.18. The van der Waals surface area contributed by atoms with Crippen LogP contribution < -0.4 is 5.73 Å². The topological polar surface area (TPSA) is 85.4 Å². The second-order valence-electron chi connectivity index (χ2n) is 2.51. The lowest BCUT2D eigenvalue weighted by molar-refractivity contribution is 0.770. The highest BCUT2D eigenvalue weighted by Crippen LogP contribution is 2.24. The molecule has 0 spiro atoms. The first-order valence-corrected chi connectivity index (χ1v) is 4.33. The number of aromatic amines is 1. The normalized spacial score (nSPS) is 10.6. The Hall–Kier alpha value is -1.37. The molecule has 2 aromatic heterocycles. The monoisotopic (exact) mass is 242 g/mol. The fourth-order valence-electron chi connectivity index (χ4n) is 1.06. The molecule has 3 N–H and O–H groups in total.